The van der Waals surface area contributed by atoms with E-state index in [-0.39, 0.29) is 18.0 Å². The van der Waals surface area contributed by atoms with Crippen LogP contribution in [0.1, 0.15) is 56.3 Å². The minimum absolute atomic E-state index is 0.123. The van der Waals surface area contributed by atoms with Gasteiger partial charge in [0.1, 0.15) is 18.0 Å². The number of hydrogen-bond donors (Lipinski definition) is 1. The molecule has 2 saturated carbocycles. The number of carboxylic acids is 1. The number of nitrogens with zero attached hydrogens (tertiary/aromatic N) is 8. The second kappa shape index (κ2) is 9.96. The first-order valence-electron chi connectivity index (χ1n) is 12.1. The lowest BCUT2D eigenvalue weighted by Gasteiger charge is -2.27. The maximum atomic E-state index is 11.4. The summed E-state index contributed by atoms with van der Waals surface area (Å²) < 4.78 is 13.4. The predicted molar refractivity (Wildman–Crippen MR) is 123 cm³/mol. The fraction of sp³-hybridized carbons (Fsp3) is 0.609. The lowest BCUT2D eigenvalue weighted by atomic mass is 9.87. The van der Waals surface area contributed by atoms with E-state index in [0.717, 1.165) is 30.9 Å². The normalized spacial score (nSPS) is 20.1. The zero-order valence-electron chi connectivity index (χ0n) is 20.0. The number of tetrazole rings is 1. The molecule has 0 aromatic carbocycles. The number of rotatable bonds is 10. The van der Waals surface area contributed by atoms with Gasteiger partial charge in [0.15, 0.2) is 0 Å². The van der Waals surface area contributed by atoms with Crippen molar-refractivity contribution in [2.24, 2.45) is 18.9 Å². The van der Waals surface area contributed by atoms with Crippen LogP contribution in [-0.4, -0.2) is 64.0 Å². The van der Waals surface area contributed by atoms with E-state index in [2.05, 4.69) is 25.7 Å². The van der Waals surface area contributed by atoms with Gasteiger partial charge in [0.2, 0.25) is 0 Å². The molecule has 0 unspecified atom stereocenters. The van der Waals surface area contributed by atoms with Crippen molar-refractivity contribution in [1.29, 1.82) is 0 Å². The molecule has 2 fully saturated rings. The molecule has 35 heavy (non-hydrogen) atoms. The molecule has 0 bridgehead atoms. The molecule has 2 atom stereocenters. The molecule has 186 valence electrons. The highest BCUT2D eigenvalue weighted by atomic mass is 16.5. The van der Waals surface area contributed by atoms with Crippen LogP contribution in [0.15, 0.2) is 12.1 Å². The van der Waals surface area contributed by atoms with Crippen LogP contribution in [0, 0.1) is 18.8 Å². The Kier molecular flexibility index (Phi) is 6.60. The van der Waals surface area contributed by atoms with Gasteiger partial charge in [-0.15, -0.1) is 5.10 Å². The Labute approximate surface area is 202 Å². The van der Waals surface area contributed by atoms with Crippen molar-refractivity contribution >= 4 is 5.97 Å². The van der Waals surface area contributed by atoms with Crippen LogP contribution in [0.3, 0.4) is 0 Å². The molecule has 0 spiro atoms. The van der Waals surface area contributed by atoms with Gasteiger partial charge in [-0.3, -0.25) is 4.79 Å². The van der Waals surface area contributed by atoms with Crippen molar-refractivity contribution < 1.29 is 19.4 Å². The molecule has 2 aliphatic carbocycles. The van der Waals surface area contributed by atoms with Crippen molar-refractivity contribution in [1.82, 2.24) is 40.2 Å². The van der Waals surface area contributed by atoms with Gasteiger partial charge in [0, 0.05) is 7.05 Å². The van der Waals surface area contributed by atoms with Crippen molar-refractivity contribution in [2.45, 2.75) is 64.5 Å². The van der Waals surface area contributed by atoms with Gasteiger partial charge in [0.05, 0.1) is 35.7 Å². The molecular weight excluding hydrogens is 452 g/mol. The summed E-state index contributed by atoms with van der Waals surface area (Å²) >= 11 is 0. The Morgan fingerprint density at radius 3 is 2.80 bits per heavy atom. The molecular formula is C23H30N8O4. The van der Waals surface area contributed by atoms with E-state index in [1.807, 2.05) is 26.1 Å². The Balaban J connectivity index is 1.26. The van der Waals surface area contributed by atoms with Crippen molar-refractivity contribution in [3.8, 4) is 23.1 Å². The molecule has 0 aliphatic heterocycles. The quantitative estimate of drug-likeness (QED) is 0.457. The molecule has 1 N–H and O–H groups in total. The fourth-order valence-electron chi connectivity index (χ4n) is 4.42. The van der Waals surface area contributed by atoms with Crippen LogP contribution in [0.5, 0.6) is 11.8 Å². The summed E-state index contributed by atoms with van der Waals surface area (Å²) in [6.45, 7) is 2.79. The van der Waals surface area contributed by atoms with Crippen LogP contribution in [0.25, 0.3) is 11.4 Å². The van der Waals surface area contributed by atoms with Gasteiger partial charge in [0.25, 0.3) is 0 Å². The topological polar surface area (TPSA) is 143 Å². The smallest absolute Gasteiger partial charge is 0.356 e. The van der Waals surface area contributed by atoms with Gasteiger partial charge in [-0.1, -0.05) is 28.3 Å². The van der Waals surface area contributed by atoms with E-state index in [4.69, 9.17) is 14.5 Å². The molecule has 12 heteroatoms. The van der Waals surface area contributed by atoms with Crippen molar-refractivity contribution in [2.75, 3.05) is 6.61 Å². The fourth-order valence-corrected chi connectivity index (χ4v) is 4.42. The second-order valence-electron chi connectivity index (χ2n) is 9.41. The van der Waals surface area contributed by atoms with E-state index in [1.54, 1.807) is 4.68 Å². The number of aryl methyl sites for hydroxylation is 2. The highest BCUT2D eigenvalue weighted by molar-refractivity contribution is 5.70. The minimum atomic E-state index is -0.752. The standard InChI is InChI=1S/C23H30N8O4/c1-14-20(35-17-5-3-4-16(12-17)22(32)33)9-8-18(24-14)21-19(30(2)28-25-21)13-31-27-23(26-29-31)34-11-10-15-6-7-15/h8-9,15-17H,3-7,10-13H2,1-2H3,(H,32,33)/t16-,17-/m0/s1. The molecule has 2 aliphatic rings. The van der Waals surface area contributed by atoms with E-state index < -0.39 is 5.97 Å². The molecule has 0 amide bonds. The van der Waals surface area contributed by atoms with E-state index in [1.165, 1.54) is 17.6 Å². The molecule has 5 rings (SSSR count). The summed E-state index contributed by atoms with van der Waals surface area (Å²) in [6, 6.07) is 3.97. The van der Waals surface area contributed by atoms with Gasteiger partial charge in [-0.05, 0) is 62.3 Å². The lowest BCUT2D eigenvalue weighted by molar-refractivity contribution is -0.143. The first kappa shape index (κ1) is 23.2. The Morgan fingerprint density at radius 1 is 1.17 bits per heavy atom. The molecule has 0 radical (unpaired) electrons. The zero-order valence-corrected chi connectivity index (χ0v) is 20.0. The maximum absolute atomic E-state index is 11.4. The SMILES string of the molecule is Cc1nc(-c2nnn(C)c2Cn2nnc(OCCC3CC3)n2)ccc1O[C@H]1CCC[C@H](C(=O)O)C1. The predicted octanol–water partition coefficient (Wildman–Crippen LogP) is 2.42. The molecule has 3 heterocycles. The Morgan fingerprint density at radius 2 is 2.03 bits per heavy atom. The highest BCUT2D eigenvalue weighted by Crippen LogP contribution is 2.32. The van der Waals surface area contributed by atoms with Crippen LogP contribution >= 0.6 is 0 Å². The minimum Gasteiger partial charge on any atom is -0.489 e. The average Bonchev–Trinajstić information content (AvgIpc) is 3.45. The van der Waals surface area contributed by atoms with E-state index in [9.17, 15) is 9.90 Å². The first-order valence-corrected chi connectivity index (χ1v) is 12.1. The van der Waals surface area contributed by atoms with Gasteiger partial charge >= 0.3 is 12.0 Å². The molecule has 0 saturated heterocycles. The van der Waals surface area contributed by atoms with Gasteiger partial charge in [-0.25, -0.2) is 9.67 Å². The monoisotopic (exact) mass is 482 g/mol. The summed E-state index contributed by atoms with van der Waals surface area (Å²) in [6.07, 6.45) is 6.38. The summed E-state index contributed by atoms with van der Waals surface area (Å²) in [5.74, 6) is 0.335. The average molecular weight is 483 g/mol. The molecule has 3 aromatic heterocycles. The third kappa shape index (κ3) is 5.57. The van der Waals surface area contributed by atoms with Gasteiger partial charge in [-0.2, -0.15) is 4.80 Å². The van der Waals surface area contributed by atoms with Crippen molar-refractivity contribution in [3.05, 3.63) is 23.5 Å². The largest absolute Gasteiger partial charge is 0.489 e. The third-order valence-electron chi connectivity index (χ3n) is 6.67. The Hall–Kier alpha value is -3.57. The number of carbonyl (C=O) groups is 1. The summed E-state index contributed by atoms with van der Waals surface area (Å²) in [4.78, 5) is 17.5. The summed E-state index contributed by atoms with van der Waals surface area (Å²) in [5, 5.41) is 30.2. The van der Waals surface area contributed by atoms with Crippen LogP contribution in [-0.2, 0) is 18.4 Å². The summed E-state index contributed by atoms with van der Waals surface area (Å²) in [5.41, 5.74) is 2.77. The number of ether oxygens (including phenoxy) is 2. The van der Waals surface area contributed by atoms with Crippen molar-refractivity contribution in [3.63, 3.8) is 0 Å². The Bertz CT molecular complexity index is 1190. The van der Waals surface area contributed by atoms with E-state index >= 15 is 0 Å². The third-order valence-corrected chi connectivity index (χ3v) is 6.67. The van der Waals surface area contributed by atoms with E-state index in [0.29, 0.717) is 48.8 Å². The lowest BCUT2D eigenvalue weighted by Crippen LogP contribution is -2.29. The number of aromatic nitrogens is 8. The number of pyridine rings is 1. The van der Waals surface area contributed by atoms with Crippen LogP contribution in [0.2, 0.25) is 0 Å². The first-order chi connectivity index (χ1) is 17.0. The highest BCUT2D eigenvalue weighted by Gasteiger charge is 2.28. The molecule has 12 nitrogen and oxygen atoms in total. The van der Waals surface area contributed by atoms with Gasteiger partial charge < -0.3 is 14.6 Å². The maximum Gasteiger partial charge on any atom is 0.356 e. The number of hydrogen-bond acceptors (Lipinski definition) is 9. The van der Waals surface area contributed by atoms with Crippen LogP contribution < -0.4 is 9.47 Å². The van der Waals surface area contributed by atoms with Crippen LogP contribution in [0.4, 0.5) is 0 Å². The molecule has 3 aromatic rings. The summed E-state index contributed by atoms with van der Waals surface area (Å²) in [7, 11) is 1.81. The number of carboxylic acid groups (broad SMARTS) is 1. The second-order valence-corrected chi connectivity index (χ2v) is 9.41. The zero-order chi connectivity index (χ0) is 24.4. The number of aliphatic carboxylic acids is 1.